The molecule has 1 saturated carbocycles. The Morgan fingerprint density at radius 3 is 3.00 bits per heavy atom. The minimum atomic E-state index is -0.291. The van der Waals surface area contributed by atoms with E-state index in [0.29, 0.717) is 5.92 Å². The maximum absolute atomic E-state index is 10.5. The summed E-state index contributed by atoms with van der Waals surface area (Å²) in [6.45, 7) is 5.76. The van der Waals surface area contributed by atoms with Crippen molar-refractivity contribution in [2.75, 3.05) is 19.6 Å². The molecular weight excluding hydrogens is 186 g/mol. The Balaban J connectivity index is 1.87. The summed E-state index contributed by atoms with van der Waals surface area (Å²) in [5.41, 5.74) is -0.291. The number of unbranched alkanes of at least 4 members (excludes halogenated alkanes) is 1. The molecule has 88 valence electrons. The summed E-state index contributed by atoms with van der Waals surface area (Å²) in [5, 5.41) is 10.5. The van der Waals surface area contributed by atoms with Crippen molar-refractivity contribution in [3.05, 3.63) is 0 Å². The second-order valence-corrected chi connectivity index (χ2v) is 5.45. The van der Waals surface area contributed by atoms with Gasteiger partial charge in [0, 0.05) is 19.0 Å². The molecule has 2 unspecified atom stereocenters. The van der Waals surface area contributed by atoms with Crippen molar-refractivity contribution in [2.45, 2.75) is 57.5 Å². The molecule has 1 aliphatic heterocycles. The van der Waals surface area contributed by atoms with Crippen LogP contribution in [0.25, 0.3) is 0 Å². The molecule has 2 rings (SSSR count). The molecule has 2 nitrogen and oxygen atoms in total. The van der Waals surface area contributed by atoms with E-state index in [1.54, 1.807) is 0 Å². The van der Waals surface area contributed by atoms with Gasteiger partial charge in [0.05, 0.1) is 5.60 Å². The molecule has 1 N–H and O–H groups in total. The summed E-state index contributed by atoms with van der Waals surface area (Å²) in [5.74, 6) is 0.567. The van der Waals surface area contributed by atoms with Crippen LogP contribution in [-0.4, -0.2) is 35.2 Å². The third kappa shape index (κ3) is 2.54. The van der Waals surface area contributed by atoms with Gasteiger partial charge in [-0.25, -0.2) is 0 Å². The number of rotatable bonds is 3. The van der Waals surface area contributed by atoms with Crippen molar-refractivity contribution < 1.29 is 5.11 Å². The van der Waals surface area contributed by atoms with Crippen molar-refractivity contribution in [2.24, 2.45) is 5.92 Å². The van der Waals surface area contributed by atoms with Crippen molar-refractivity contribution >= 4 is 0 Å². The molecule has 2 heteroatoms. The van der Waals surface area contributed by atoms with E-state index in [1.807, 2.05) is 0 Å². The first-order valence-corrected chi connectivity index (χ1v) is 6.69. The first-order valence-electron chi connectivity index (χ1n) is 6.69. The average Bonchev–Trinajstić information content (AvgIpc) is 2.26. The van der Waals surface area contributed by atoms with Crippen LogP contribution in [-0.2, 0) is 0 Å². The maximum Gasteiger partial charge on any atom is 0.0700 e. The summed E-state index contributed by atoms with van der Waals surface area (Å²) < 4.78 is 0. The van der Waals surface area contributed by atoms with Crippen LogP contribution < -0.4 is 0 Å². The van der Waals surface area contributed by atoms with Gasteiger partial charge in [-0.05, 0) is 32.2 Å². The molecule has 0 aromatic heterocycles. The summed E-state index contributed by atoms with van der Waals surface area (Å²) in [7, 11) is 0. The molecule has 1 saturated heterocycles. The quantitative estimate of drug-likeness (QED) is 0.775. The van der Waals surface area contributed by atoms with Crippen LogP contribution in [0.5, 0.6) is 0 Å². The molecule has 1 heterocycles. The van der Waals surface area contributed by atoms with Gasteiger partial charge in [-0.1, -0.05) is 26.2 Å². The highest BCUT2D eigenvalue weighted by atomic mass is 16.3. The van der Waals surface area contributed by atoms with Gasteiger partial charge in [0.1, 0.15) is 0 Å². The first-order chi connectivity index (χ1) is 7.24. The molecule has 2 aliphatic rings. The van der Waals surface area contributed by atoms with E-state index in [2.05, 4.69) is 11.8 Å². The summed E-state index contributed by atoms with van der Waals surface area (Å²) >= 11 is 0. The van der Waals surface area contributed by atoms with Gasteiger partial charge in [-0.2, -0.15) is 0 Å². The zero-order valence-corrected chi connectivity index (χ0v) is 10.0. The van der Waals surface area contributed by atoms with Crippen LogP contribution in [0.15, 0.2) is 0 Å². The van der Waals surface area contributed by atoms with E-state index < -0.39 is 0 Å². The highest BCUT2D eigenvalue weighted by Gasteiger charge is 2.42. The lowest BCUT2D eigenvalue weighted by atomic mass is 9.71. The van der Waals surface area contributed by atoms with Gasteiger partial charge < -0.3 is 10.0 Å². The Morgan fingerprint density at radius 1 is 1.33 bits per heavy atom. The zero-order chi connectivity index (χ0) is 10.7. The number of hydrogen-bond acceptors (Lipinski definition) is 2. The Morgan fingerprint density at radius 2 is 2.20 bits per heavy atom. The largest absolute Gasteiger partial charge is 0.390 e. The topological polar surface area (TPSA) is 23.5 Å². The van der Waals surface area contributed by atoms with Crippen molar-refractivity contribution in [1.82, 2.24) is 4.90 Å². The van der Waals surface area contributed by atoms with Gasteiger partial charge in [-0.15, -0.1) is 0 Å². The number of piperidine rings is 1. The minimum absolute atomic E-state index is 0.291. The van der Waals surface area contributed by atoms with Gasteiger partial charge >= 0.3 is 0 Å². The Kier molecular flexibility index (Phi) is 3.68. The summed E-state index contributed by atoms with van der Waals surface area (Å²) in [6, 6.07) is 0. The summed E-state index contributed by atoms with van der Waals surface area (Å²) in [4.78, 5) is 2.56. The third-order valence-electron chi connectivity index (χ3n) is 4.34. The van der Waals surface area contributed by atoms with Crippen LogP contribution in [0.4, 0.5) is 0 Å². The molecule has 0 spiro atoms. The predicted octanol–water partition coefficient (Wildman–Crippen LogP) is 2.41. The Labute approximate surface area is 93.7 Å². The molecule has 1 aliphatic carbocycles. The molecule has 0 radical (unpaired) electrons. The minimum Gasteiger partial charge on any atom is -0.390 e. The number of aliphatic hydroxyl groups is 1. The third-order valence-corrected chi connectivity index (χ3v) is 4.34. The molecule has 15 heavy (non-hydrogen) atoms. The maximum atomic E-state index is 10.5. The Hall–Kier alpha value is -0.0800. The lowest BCUT2D eigenvalue weighted by Gasteiger charge is -2.47. The van der Waals surface area contributed by atoms with Crippen LogP contribution in [0.2, 0.25) is 0 Å². The van der Waals surface area contributed by atoms with E-state index in [1.165, 1.54) is 38.6 Å². The number of hydrogen-bond donors (Lipinski definition) is 1. The monoisotopic (exact) mass is 211 g/mol. The fraction of sp³-hybridized carbons (Fsp3) is 1.00. The van der Waals surface area contributed by atoms with Crippen LogP contribution in [0.1, 0.15) is 51.9 Å². The zero-order valence-electron chi connectivity index (χ0n) is 10.0. The number of nitrogens with zero attached hydrogens (tertiary/aromatic N) is 1. The van der Waals surface area contributed by atoms with Crippen molar-refractivity contribution in [3.63, 3.8) is 0 Å². The number of likely N-dealkylation sites (tertiary alicyclic amines) is 1. The standard InChI is InChI=1S/C13H25NO/c1-2-3-9-14-10-8-13(15)7-5-4-6-12(13)11-14/h12,15H,2-11H2,1H3. The molecule has 0 amide bonds. The fourth-order valence-corrected chi connectivity index (χ4v) is 3.22. The average molecular weight is 211 g/mol. The summed E-state index contributed by atoms with van der Waals surface area (Å²) in [6.07, 6.45) is 8.48. The second-order valence-electron chi connectivity index (χ2n) is 5.45. The molecule has 0 aromatic rings. The van der Waals surface area contributed by atoms with Gasteiger partial charge in [0.2, 0.25) is 0 Å². The van der Waals surface area contributed by atoms with Gasteiger partial charge in [0.15, 0.2) is 0 Å². The van der Waals surface area contributed by atoms with Crippen LogP contribution in [0.3, 0.4) is 0 Å². The molecule has 2 atom stereocenters. The van der Waals surface area contributed by atoms with E-state index >= 15 is 0 Å². The van der Waals surface area contributed by atoms with E-state index in [-0.39, 0.29) is 5.60 Å². The fourth-order valence-electron chi connectivity index (χ4n) is 3.22. The molecular formula is C13H25NO. The second kappa shape index (κ2) is 4.84. The van der Waals surface area contributed by atoms with Gasteiger partial charge in [0.25, 0.3) is 0 Å². The SMILES string of the molecule is CCCCN1CCC2(O)CCCCC2C1. The lowest BCUT2D eigenvalue weighted by Crippen LogP contribution is -2.53. The Bertz CT molecular complexity index is 207. The lowest BCUT2D eigenvalue weighted by molar-refractivity contribution is -0.0953. The van der Waals surface area contributed by atoms with Crippen molar-refractivity contribution in [1.29, 1.82) is 0 Å². The predicted molar refractivity (Wildman–Crippen MR) is 62.9 cm³/mol. The van der Waals surface area contributed by atoms with E-state index in [9.17, 15) is 5.11 Å². The highest BCUT2D eigenvalue weighted by Crippen LogP contribution is 2.39. The first kappa shape index (κ1) is 11.4. The highest BCUT2D eigenvalue weighted by molar-refractivity contribution is 4.95. The smallest absolute Gasteiger partial charge is 0.0700 e. The molecule has 0 bridgehead atoms. The van der Waals surface area contributed by atoms with Crippen LogP contribution >= 0.6 is 0 Å². The van der Waals surface area contributed by atoms with Crippen LogP contribution in [0, 0.1) is 5.92 Å². The number of fused-ring (bicyclic) bond motifs is 1. The molecule has 2 fully saturated rings. The van der Waals surface area contributed by atoms with Crippen molar-refractivity contribution in [3.8, 4) is 0 Å². The normalized spacial score (nSPS) is 37.6. The van der Waals surface area contributed by atoms with E-state index in [4.69, 9.17) is 0 Å². The van der Waals surface area contributed by atoms with E-state index in [0.717, 1.165) is 25.9 Å². The van der Waals surface area contributed by atoms with Gasteiger partial charge in [-0.3, -0.25) is 0 Å². The molecule has 0 aromatic carbocycles.